The largest absolute Gasteiger partial charge is 0.462 e. The molecule has 388 valence electrons. The van der Waals surface area contributed by atoms with E-state index in [1.807, 2.05) is 6.08 Å². The van der Waals surface area contributed by atoms with Crippen LogP contribution in [0.15, 0.2) is 109 Å². The number of esters is 2. The Morgan fingerprint density at radius 3 is 1.15 bits per heavy atom. The van der Waals surface area contributed by atoms with E-state index in [1.54, 1.807) is 0 Å². The molecule has 0 aliphatic heterocycles. The van der Waals surface area contributed by atoms with E-state index in [1.165, 1.54) is 116 Å². The third kappa shape index (κ3) is 55.2. The molecule has 0 aromatic heterocycles. The van der Waals surface area contributed by atoms with Crippen molar-refractivity contribution in [1.29, 1.82) is 0 Å². The van der Waals surface area contributed by atoms with E-state index < -0.39 is 6.10 Å². The van der Waals surface area contributed by atoms with Gasteiger partial charge in [0.2, 0.25) is 0 Å². The fraction of sp³-hybridized carbons (Fsp3) is 0.683. The third-order valence-electron chi connectivity index (χ3n) is 11.8. The van der Waals surface area contributed by atoms with Crippen LogP contribution in [0, 0.1) is 0 Å². The quantitative estimate of drug-likeness (QED) is 0.0345. The van der Waals surface area contributed by atoms with Crippen LogP contribution in [0.2, 0.25) is 0 Å². The minimum Gasteiger partial charge on any atom is -0.462 e. The van der Waals surface area contributed by atoms with Gasteiger partial charge in [0.1, 0.15) is 6.61 Å². The van der Waals surface area contributed by atoms with Crippen LogP contribution < -0.4 is 0 Å². The van der Waals surface area contributed by atoms with Crippen molar-refractivity contribution in [3.8, 4) is 0 Å². The van der Waals surface area contributed by atoms with Crippen LogP contribution >= 0.6 is 0 Å². The highest BCUT2D eigenvalue weighted by Crippen LogP contribution is 2.15. The van der Waals surface area contributed by atoms with E-state index in [0.29, 0.717) is 25.9 Å². The summed E-state index contributed by atoms with van der Waals surface area (Å²) < 4.78 is 17.4. The summed E-state index contributed by atoms with van der Waals surface area (Å²) in [5.74, 6) is -0.517. The van der Waals surface area contributed by atoms with Crippen molar-refractivity contribution in [2.45, 2.75) is 258 Å². The summed E-state index contributed by atoms with van der Waals surface area (Å²) in [4.78, 5) is 25.5. The van der Waals surface area contributed by atoms with E-state index in [0.717, 1.165) is 96.3 Å². The number of rotatable bonds is 51. The Morgan fingerprint density at radius 1 is 0.338 bits per heavy atom. The van der Waals surface area contributed by atoms with Gasteiger partial charge in [-0.1, -0.05) is 252 Å². The normalized spacial score (nSPS) is 13.0. The van der Waals surface area contributed by atoms with Crippen LogP contribution in [-0.2, 0) is 23.8 Å². The van der Waals surface area contributed by atoms with Crippen LogP contribution in [0.25, 0.3) is 0 Å². The Balaban J connectivity index is 4.44. The number of allylic oxidation sites excluding steroid dienone is 18. The maximum Gasteiger partial charge on any atom is 0.306 e. The standard InChI is InChI=1S/C63H106O5/c1-4-7-10-13-16-19-22-25-28-31-32-34-35-38-41-44-47-50-53-56-62(64)67-60-61(59-66-58-55-52-49-46-43-40-37-30-27-24-21-18-15-12-9-6-3)68-63(65)57-54-51-48-45-42-39-36-33-29-26-23-20-17-14-11-8-5-2/h7,10,16-17,19-20,25-26,28-29,32,34,36,38-39,41,47,50,61H,4-6,8-9,11-15,18,21-24,27,30-31,33,35,37,40,42-46,48-49,51-60H2,1-3H3/b10-7-,19-16-,20-17-,28-25-,29-26-,34-32-,39-36-,41-38-,50-47-/t61-/m1/s1. The number of hydrogen-bond acceptors (Lipinski definition) is 5. The first-order chi connectivity index (χ1) is 33.6. The summed E-state index contributed by atoms with van der Waals surface area (Å²) in [5.41, 5.74) is 0. The molecular formula is C63H106O5. The first-order valence-corrected chi connectivity index (χ1v) is 28.4. The number of carbonyl (C=O) groups is 2. The second kappa shape index (κ2) is 57.9. The zero-order valence-corrected chi connectivity index (χ0v) is 44.6. The van der Waals surface area contributed by atoms with Gasteiger partial charge in [0.15, 0.2) is 6.10 Å². The summed E-state index contributed by atoms with van der Waals surface area (Å²) >= 11 is 0. The lowest BCUT2D eigenvalue weighted by Gasteiger charge is -2.18. The Morgan fingerprint density at radius 2 is 0.691 bits per heavy atom. The third-order valence-corrected chi connectivity index (χ3v) is 11.8. The van der Waals surface area contributed by atoms with Crippen molar-refractivity contribution in [2.75, 3.05) is 19.8 Å². The first kappa shape index (κ1) is 64.6. The molecule has 0 aliphatic carbocycles. The van der Waals surface area contributed by atoms with Gasteiger partial charge in [0.05, 0.1) is 6.61 Å². The molecule has 68 heavy (non-hydrogen) atoms. The van der Waals surface area contributed by atoms with Gasteiger partial charge >= 0.3 is 11.9 Å². The molecule has 0 N–H and O–H groups in total. The molecule has 0 saturated heterocycles. The van der Waals surface area contributed by atoms with Gasteiger partial charge in [-0.3, -0.25) is 9.59 Å². The smallest absolute Gasteiger partial charge is 0.306 e. The summed E-state index contributed by atoms with van der Waals surface area (Å²) in [5, 5.41) is 0. The molecule has 0 aromatic rings. The summed E-state index contributed by atoms with van der Waals surface area (Å²) in [7, 11) is 0. The lowest BCUT2D eigenvalue weighted by Crippen LogP contribution is -2.30. The number of unbranched alkanes of at least 4 members (excludes halogenated alkanes) is 22. The van der Waals surface area contributed by atoms with E-state index in [-0.39, 0.29) is 25.2 Å². The first-order valence-electron chi connectivity index (χ1n) is 28.4. The molecule has 0 fully saturated rings. The predicted octanol–water partition coefficient (Wildman–Crippen LogP) is 19.6. The van der Waals surface area contributed by atoms with Gasteiger partial charge in [0.25, 0.3) is 0 Å². The fourth-order valence-electron chi connectivity index (χ4n) is 7.60. The van der Waals surface area contributed by atoms with Gasteiger partial charge in [-0.2, -0.15) is 0 Å². The second-order valence-corrected chi connectivity index (χ2v) is 18.5. The summed E-state index contributed by atoms with van der Waals surface area (Å²) in [6, 6.07) is 0. The summed E-state index contributed by atoms with van der Waals surface area (Å²) in [6.45, 7) is 7.60. The lowest BCUT2D eigenvalue weighted by atomic mass is 10.0. The molecule has 1 atom stereocenters. The Kier molecular flexibility index (Phi) is 54.9. The molecule has 0 radical (unpaired) electrons. The Labute approximate surface area is 421 Å². The molecule has 0 aromatic carbocycles. The molecule has 5 heteroatoms. The number of ether oxygens (including phenoxy) is 3. The zero-order valence-electron chi connectivity index (χ0n) is 44.6. The minimum atomic E-state index is -0.584. The highest BCUT2D eigenvalue weighted by Gasteiger charge is 2.17. The van der Waals surface area contributed by atoms with Crippen LogP contribution in [0.4, 0.5) is 0 Å². The molecule has 0 unspecified atom stereocenters. The van der Waals surface area contributed by atoms with Crippen LogP contribution in [-0.4, -0.2) is 37.9 Å². The van der Waals surface area contributed by atoms with Gasteiger partial charge in [0, 0.05) is 19.4 Å². The average Bonchev–Trinajstić information content (AvgIpc) is 3.34. The molecule has 0 rings (SSSR count). The lowest BCUT2D eigenvalue weighted by molar-refractivity contribution is -0.162. The molecule has 0 bridgehead atoms. The molecule has 0 amide bonds. The maximum atomic E-state index is 12.8. The van der Waals surface area contributed by atoms with E-state index >= 15 is 0 Å². The van der Waals surface area contributed by atoms with Crippen molar-refractivity contribution >= 4 is 11.9 Å². The highest BCUT2D eigenvalue weighted by atomic mass is 16.6. The van der Waals surface area contributed by atoms with Gasteiger partial charge in [-0.05, 0) is 96.3 Å². The number of carbonyl (C=O) groups excluding carboxylic acids is 2. The van der Waals surface area contributed by atoms with Crippen LogP contribution in [0.3, 0.4) is 0 Å². The molecule has 0 heterocycles. The van der Waals surface area contributed by atoms with E-state index in [4.69, 9.17) is 14.2 Å². The van der Waals surface area contributed by atoms with Crippen LogP contribution in [0.1, 0.15) is 252 Å². The second-order valence-electron chi connectivity index (χ2n) is 18.5. The predicted molar refractivity (Wildman–Crippen MR) is 297 cm³/mol. The van der Waals surface area contributed by atoms with Crippen LogP contribution in [0.5, 0.6) is 0 Å². The fourth-order valence-corrected chi connectivity index (χ4v) is 7.60. The maximum absolute atomic E-state index is 12.8. The SMILES string of the molecule is CC/C=C\C/C=C\C/C=C\C/C=C\C/C=C\C/C=C\CCC(=O)OC[C@@H](COCCCCCCCCCCCCCCCCCC)OC(=O)CCCCCC/C=C\C/C=C\C/C=C\CCCCC. The molecule has 0 aliphatic rings. The average molecular weight is 944 g/mol. The van der Waals surface area contributed by atoms with Crippen molar-refractivity contribution in [2.24, 2.45) is 0 Å². The van der Waals surface area contributed by atoms with Gasteiger partial charge < -0.3 is 14.2 Å². The molecule has 0 saturated carbocycles. The van der Waals surface area contributed by atoms with E-state index in [2.05, 4.69) is 124 Å². The molecular weight excluding hydrogens is 837 g/mol. The Hall–Kier alpha value is -3.44. The van der Waals surface area contributed by atoms with Crippen molar-refractivity contribution < 1.29 is 23.8 Å². The van der Waals surface area contributed by atoms with Crippen molar-refractivity contribution in [3.63, 3.8) is 0 Å². The van der Waals surface area contributed by atoms with Gasteiger partial charge in [-0.25, -0.2) is 0 Å². The van der Waals surface area contributed by atoms with Gasteiger partial charge in [-0.15, -0.1) is 0 Å². The minimum absolute atomic E-state index is 0.0323. The van der Waals surface area contributed by atoms with Crippen molar-refractivity contribution in [1.82, 2.24) is 0 Å². The monoisotopic (exact) mass is 943 g/mol. The number of hydrogen-bond donors (Lipinski definition) is 0. The highest BCUT2D eigenvalue weighted by molar-refractivity contribution is 5.70. The topological polar surface area (TPSA) is 61.8 Å². The molecule has 5 nitrogen and oxygen atoms in total. The zero-order chi connectivity index (χ0) is 49.2. The van der Waals surface area contributed by atoms with E-state index in [9.17, 15) is 9.59 Å². The molecule has 0 spiro atoms. The van der Waals surface area contributed by atoms with Crippen molar-refractivity contribution in [3.05, 3.63) is 109 Å². The Bertz CT molecular complexity index is 1340. The summed E-state index contributed by atoms with van der Waals surface area (Å²) in [6.07, 6.45) is 79.7.